The Hall–Kier alpha value is -0.130. The smallest absolute Gasteiger partial charge is 0.270 e. The Morgan fingerprint density at radius 3 is 1.64 bits per heavy atom. The molecule has 0 aliphatic carbocycles. The summed E-state index contributed by atoms with van der Waals surface area (Å²) in [5.41, 5.74) is 0. The second-order valence-corrected chi connectivity index (χ2v) is 5.32. The summed E-state index contributed by atoms with van der Waals surface area (Å²) in [6, 6.07) is 0. The van der Waals surface area contributed by atoms with Crippen molar-refractivity contribution in [1.82, 2.24) is 6.15 Å². The van der Waals surface area contributed by atoms with Gasteiger partial charge in [0.15, 0.2) is 0 Å². The van der Waals surface area contributed by atoms with Gasteiger partial charge >= 0.3 is 0 Å². The number of hydrogen-bond acceptors (Lipinski definition) is 3. The minimum atomic E-state index is -3.94. The van der Waals surface area contributed by atoms with Crippen molar-refractivity contribution in [3.05, 3.63) is 0 Å². The van der Waals surface area contributed by atoms with Crippen molar-refractivity contribution in [3.8, 4) is 0 Å². The van der Waals surface area contributed by atoms with Crippen molar-refractivity contribution < 1.29 is 13.0 Å². The van der Waals surface area contributed by atoms with Crippen LogP contribution in [0.2, 0.25) is 0 Å². The van der Waals surface area contributed by atoms with Crippen molar-refractivity contribution in [1.29, 1.82) is 0 Å². The van der Waals surface area contributed by atoms with Gasteiger partial charge in [0.1, 0.15) is 0 Å². The largest absolute Gasteiger partial charge is 0.344 e. The molecule has 4 N–H and O–H groups in total. The Labute approximate surface area is 87.4 Å². The van der Waals surface area contributed by atoms with E-state index in [-0.39, 0.29) is 12.1 Å². The second kappa shape index (κ2) is 5.68. The van der Waals surface area contributed by atoms with Crippen molar-refractivity contribution >= 4 is 10.1 Å². The summed E-state index contributed by atoms with van der Waals surface area (Å²) in [4.78, 5) is 0. The van der Waals surface area contributed by atoms with E-state index in [9.17, 15) is 13.0 Å². The first-order valence-electron chi connectivity index (χ1n) is 4.82. The maximum Gasteiger partial charge on any atom is 0.270 e. The SMILES string of the molecule is CCC(C)C(CC)(CC)S(=O)(=O)O.N. The van der Waals surface area contributed by atoms with Crippen LogP contribution in [-0.2, 0) is 10.1 Å². The van der Waals surface area contributed by atoms with Gasteiger partial charge in [-0.3, -0.25) is 4.55 Å². The summed E-state index contributed by atoms with van der Waals surface area (Å²) >= 11 is 0. The molecule has 0 saturated carbocycles. The van der Waals surface area contributed by atoms with Gasteiger partial charge in [0.25, 0.3) is 10.1 Å². The van der Waals surface area contributed by atoms with Crippen molar-refractivity contribution in [2.45, 2.75) is 51.7 Å². The fraction of sp³-hybridized carbons (Fsp3) is 1.00. The van der Waals surface area contributed by atoms with Crippen LogP contribution in [0.3, 0.4) is 0 Å². The third kappa shape index (κ3) is 2.68. The van der Waals surface area contributed by atoms with Crippen LogP contribution in [0, 0.1) is 5.92 Å². The lowest BCUT2D eigenvalue weighted by atomic mass is 9.86. The van der Waals surface area contributed by atoms with E-state index in [1.807, 2.05) is 27.7 Å². The van der Waals surface area contributed by atoms with Gasteiger partial charge in [0, 0.05) is 0 Å². The lowest BCUT2D eigenvalue weighted by molar-refractivity contribution is 0.315. The van der Waals surface area contributed by atoms with E-state index in [0.717, 1.165) is 6.42 Å². The summed E-state index contributed by atoms with van der Waals surface area (Å²) in [6.45, 7) is 7.43. The molecule has 0 bridgehead atoms. The van der Waals surface area contributed by atoms with E-state index in [0.29, 0.717) is 12.8 Å². The minimum absolute atomic E-state index is 0. The first-order chi connectivity index (χ1) is 5.85. The maximum absolute atomic E-state index is 11.3. The zero-order valence-electron chi connectivity index (χ0n) is 9.58. The molecule has 14 heavy (non-hydrogen) atoms. The predicted molar refractivity (Wildman–Crippen MR) is 59.3 cm³/mol. The van der Waals surface area contributed by atoms with Gasteiger partial charge in [-0.2, -0.15) is 8.42 Å². The molecule has 0 spiro atoms. The van der Waals surface area contributed by atoms with Crippen molar-refractivity contribution in [3.63, 3.8) is 0 Å². The van der Waals surface area contributed by atoms with Gasteiger partial charge in [-0.1, -0.05) is 34.1 Å². The van der Waals surface area contributed by atoms with Crippen molar-refractivity contribution in [2.75, 3.05) is 0 Å². The fourth-order valence-electron chi connectivity index (χ4n) is 1.94. The van der Waals surface area contributed by atoms with Gasteiger partial charge in [0.2, 0.25) is 0 Å². The summed E-state index contributed by atoms with van der Waals surface area (Å²) in [7, 11) is -3.94. The lowest BCUT2D eigenvalue weighted by Gasteiger charge is -2.33. The highest BCUT2D eigenvalue weighted by atomic mass is 32.2. The highest BCUT2D eigenvalue weighted by Crippen LogP contribution is 2.35. The molecular formula is C9H23NO3S. The van der Waals surface area contributed by atoms with E-state index in [4.69, 9.17) is 0 Å². The Bertz CT molecular complexity index is 245. The average molecular weight is 225 g/mol. The molecule has 0 amide bonds. The number of rotatable bonds is 5. The maximum atomic E-state index is 11.3. The first kappa shape index (κ1) is 16.3. The molecule has 0 saturated heterocycles. The zero-order chi connectivity index (χ0) is 10.7. The van der Waals surface area contributed by atoms with Crippen LogP contribution in [0.5, 0.6) is 0 Å². The van der Waals surface area contributed by atoms with Crippen LogP contribution >= 0.6 is 0 Å². The molecule has 0 aromatic heterocycles. The Balaban J connectivity index is 0. The molecule has 1 atom stereocenters. The Kier molecular flexibility index (Phi) is 6.61. The molecule has 1 unspecified atom stereocenters. The molecule has 0 aromatic rings. The topological polar surface area (TPSA) is 89.4 Å². The van der Waals surface area contributed by atoms with Gasteiger partial charge in [-0.15, -0.1) is 0 Å². The molecule has 0 fully saturated rings. The standard InChI is InChI=1S/C9H20O3S.H3N/c1-5-8(4)9(6-2,7-3)13(10,11)12;/h8H,5-7H2,1-4H3,(H,10,11,12);1H3. The molecule has 0 heterocycles. The van der Waals surface area contributed by atoms with E-state index < -0.39 is 14.9 Å². The van der Waals surface area contributed by atoms with Crippen LogP contribution in [0.1, 0.15) is 47.0 Å². The molecule has 88 valence electrons. The molecule has 4 nitrogen and oxygen atoms in total. The summed E-state index contributed by atoms with van der Waals surface area (Å²) < 4.78 is 30.8. The van der Waals surface area contributed by atoms with E-state index in [1.54, 1.807) is 0 Å². The summed E-state index contributed by atoms with van der Waals surface area (Å²) in [5, 5.41) is 0. The predicted octanol–water partition coefficient (Wildman–Crippen LogP) is 2.64. The monoisotopic (exact) mass is 225 g/mol. The summed E-state index contributed by atoms with van der Waals surface area (Å²) in [5.74, 6) is -0.00231. The van der Waals surface area contributed by atoms with Crippen LogP contribution in [0.4, 0.5) is 0 Å². The molecule has 0 aliphatic rings. The average Bonchev–Trinajstić information content (AvgIpc) is 2.04. The molecule has 0 radical (unpaired) electrons. The molecule has 5 heteroatoms. The van der Waals surface area contributed by atoms with Crippen molar-refractivity contribution in [2.24, 2.45) is 5.92 Å². The van der Waals surface area contributed by atoms with E-state index in [2.05, 4.69) is 0 Å². The second-order valence-electron chi connectivity index (χ2n) is 3.56. The van der Waals surface area contributed by atoms with E-state index >= 15 is 0 Å². The molecular weight excluding hydrogens is 202 g/mol. The zero-order valence-corrected chi connectivity index (χ0v) is 10.4. The van der Waals surface area contributed by atoms with Crippen LogP contribution in [0.15, 0.2) is 0 Å². The van der Waals surface area contributed by atoms with Crippen LogP contribution < -0.4 is 6.15 Å². The van der Waals surface area contributed by atoms with Gasteiger partial charge in [0.05, 0.1) is 4.75 Å². The van der Waals surface area contributed by atoms with Crippen LogP contribution in [0.25, 0.3) is 0 Å². The molecule has 0 aromatic carbocycles. The van der Waals surface area contributed by atoms with Crippen LogP contribution in [-0.4, -0.2) is 17.7 Å². The fourth-order valence-corrected chi connectivity index (χ4v) is 3.34. The quantitative estimate of drug-likeness (QED) is 0.704. The van der Waals surface area contributed by atoms with Gasteiger partial charge in [-0.05, 0) is 18.8 Å². The Morgan fingerprint density at radius 1 is 1.21 bits per heavy atom. The van der Waals surface area contributed by atoms with Gasteiger partial charge < -0.3 is 6.15 Å². The molecule has 0 aliphatic heterocycles. The minimum Gasteiger partial charge on any atom is -0.344 e. The summed E-state index contributed by atoms with van der Waals surface area (Å²) in [6.07, 6.45) is 1.70. The van der Waals surface area contributed by atoms with E-state index in [1.165, 1.54) is 0 Å². The van der Waals surface area contributed by atoms with Gasteiger partial charge in [-0.25, -0.2) is 0 Å². The first-order valence-corrected chi connectivity index (χ1v) is 6.26. The third-order valence-electron chi connectivity index (χ3n) is 3.22. The number of hydrogen-bond donors (Lipinski definition) is 2. The Morgan fingerprint density at radius 2 is 1.57 bits per heavy atom. The molecule has 0 rings (SSSR count). The highest BCUT2D eigenvalue weighted by Gasteiger charge is 2.43. The normalized spacial score (nSPS) is 14.6. The highest BCUT2D eigenvalue weighted by molar-refractivity contribution is 7.87. The third-order valence-corrected chi connectivity index (χ3v) is 5.23. The lowest BCUT2D eigenvalue weighted by Crippen LogP contribution is -2.43.